The number of hydrogen-bond acceptors (Lipinski definition) is 12. The van der Waals surface area contributed by atoms with E-state index in [-0.39, 0.29) is 78.4 Å². The summed E-state index contributed by atoms with van der Waals surface area (Å²) in [6, 6.07) is 11.4. The molecule has 2 aromatic heterocycles. The summed E-state index contributed by atoms with van der Waals surface area (Å²) in [5, 5.41) is 15.4. The molecule has 11 rings (SSSR count). The number of unbranched alkanes of at least 4 members (excludes halogenated alkanes) is 3. The second-order valence-corrected chi connectivity index (χ2v) is 23.0. The molecule has 14 nitrogen and oxygen atoms in total. The predicted octanol–water partition coefficient (Wildman–Crippen LogP) is 9.13. The van der Waals surface area contributed by atoms with Crippen LogP contribution in [0.2, 0.25) is 0 Å². The molecule has 400 valence electrons. The SMILES string of the molecule is CC[C@@]1(O)C(=O)OCc2c1cc1n(c2=O)Cc2c-1nc1cc(F)c(C)c3c1c2[C@@H](NC(=O)COCCCCCCN(C)c1ccc([C@H]2C[C@@]4(C)[C@@H](CC[C@]4(OC(C)=O)C(C)=O)[C@@H]4CCC5=CC(=O)CCC5=C42)cc1)CC3. The Kier molecular flexibility index (Phi) is 13.4. The van der Waals surface area contributed by atoms with Gasteiger partial charge in [-0.05, 0) is 154 Å². The molecule has 0 saturated heterocycles. The summed E-state index contributed by atoms with van der Waals surface area (Å²) in [7, 11) is 2.10. The molecule has 0 spiro atoms. The lowest BCUT2D eigenvalue weighted by molar-refractivity contribution is -0.182. The number of ether oxygens (including phenoxy) is 3. The van der Waals surface area contributed by atoms with Crippen molar-refractivity contribution in [2.45, 2.75) is 161 Å². The van der Waals surface area contributed by atoms with Crippen LogP contribution in [0.1, 0.15) is 162 Å². The van der Waals surface area contributed by atoms with E-state index in [1.165, 1.54) is 35.3 Å². The summed E-state index contributed by atoms with van der Waals surface area (Å²) in [5.74, 6) is -1.29. The number of carbonyl (C=O) groups excluding carboxylic acids is 5. The average Bonchev–Trinajstić information content (AvgIpc) is 4.09. The fraction of sp³-hybridized carbons (Fsp3) is 0.525. The molecule has 4 heterocycles. The zero-order chi connectivity index (χ0) is 53.6. The van der Waals surface area contributed by atoms with Crippen molar-refractivity contribution in [1.29, 1.82) is 0 Å². The van der Waals surface area contributed by atoms with Crippen molar-refractivity contribution in [3.05, 3.63) is 114 Å². The minimum absolute atomic E-state index is 0.00758. The number of nitrogens with zero attached hydrogens (tertiary/aromatic N) is 3. The number of amides is 1. The summed E-state index contributed by atoms with van der Waals surface area (Å²) >= 11 is 0. The van der Waals surface area contributed by atoms with E-state index in [2.05, 4.69) is 48.5 Å². The topological polar surface area (TPSA) is 183 Å². The van der Waals surface area contributed by atoms with Crippen LogP contribution in [-0.4, -0.2) is 76.5 Å². The maximum absolute atomic E-state index is 15.4. The van der Waals surface area contributed by atoms with Crippen LogP contribution in [0.5, 0.6) is 0 Å². The number of aliphatic hydroxyl groups is 1. The fourth-order valence-corrected chi connectivity index (χ4v) is 15.1. The molecule has 0 radical (unpaired) electrons. The molecular weight excluding hydrogens is 968 g/mol. The van der Waals surface area contributed by atoms with Crippen LogP contribution in [0.4, 0.5) is 10.1 Å². The third-order valence-electron chi connectivity index (χ3n) is 19.0. The van der Waals surface area contributed by atoms with E-state index in [0.717, 1.165) is 85.7 Å². The van der Waals surface area contributed by atoms with E-state index in [4.69, 9.17) is 19.2 Å². The van der Waals surface area contributed by atoms with Crippen LogP contribution >= 0.6 is 0 Å². The predicted molar refractivity (Wildman–Crippen MR) is 283 cm³/mol. The molecule has 7 atom stereocenters. The second kappa shape index (κ2) is 19.6. The lowest BCUT2D eigenvalue weighted by atomic mass is 9.50. The van der Waals surface area contributed by atoms with Gasteiger partial charge in [0.15, 0.2) is 22.8 Å². The Hall–Kier alpha value is -6.32. The Balaban J connectivity index is 0.706. The number of hydrogen-bond donors (Lipinski definition) is 2. The van der Waals surface area contributed by atoms with E-state index >= 15 is 4.39 Å². The zero-order valence-electron chi connectivity index (χ0n) is 44.6. The van der Waals surface area contributed by atoms with Crippen molar-refractivity contribution < 1.29 is 47.7 Å². The third kappa shape index (κ3) is 8.28. The van der Waals surface area contributed by atoms with E-state index in [9.17, 15) is 33.9 Å². The van der Waals surface area contributed by atoms with Gasteiger partial charge in [-0.1, -0.05) is 44.4 Å². The maximum atomic E-state index is 15.4. The van der Waals surface area contributed by atoms with Crippen molar-refractivity contribution in [3.63, 3.8) is 0 Å². The van der Waals surface area contributed by atoms with Gasteiger partial charge in [0.05, 0.1) is 35.1 Å². The van der Waals surface area contributed by atoms with Gasteiger partial charge in [0.25, 0.3) is 5.56 Å². The highest BCUT2D eigenvalue weighted by molar-refractivity contribution is 5.95. The molecule has 2 aromatic carbocycles. The van der Waals surface area contributed by atoms with Gasteiger partial charge < -0.3 is 34.1 Å². The summed E-state index contributed by atoms with van der Waals surface area (Å²) in [6.07, 6.45) is 11.7. The highest BCUT2D eigenvalue weighted by atomic mass is 19.1. The summed E-state index contributed by atoms with van der Waals surface area (Å²) < 4.78 is 34.3. The molecule has 2 fully saturated rings. The van der Waals surface area contributed by atoms with E-state index < -0.39 is 40.2 Å². The van der Waals surface area contributed by atoms with Crippen LogP contribution in [0.3, 0.4) is 0 Å². The maximum Gasteiger partial charge on any atom is 0.343 e. The van der Waals surface area contributed by atoms with E-state index in [1.807, 2.05) is 6.08 Å². The number of esters is 2. The minimum atomic E-state index is -1.99. The molecule has 76 heavy (non-hydrogen) atoms. The number of nitrogens with one attached hydrogen (secondary N) is 1. The van der Waals surface area contributed by atoms with Gasteiger partial charge in [-0.3, -0.25) is 24.0 Å². The summed E-state index contributed by atoms with van der Waals surface area (Å²) in [6.45, 7) is 9.63. The Morgan fingerprint density at radius 1 is 0.974 bits per heavy atom. The lowest BCUT2D eigenvalue weighted by Crippen LogP contribution is -2.57. The molecule has 0 bridgehead atoms. The molecule has 0 unspecified atom stereocenters. The van der Waals surface area contributed by atoms with Gasteiger partial charge in [0.1, 0.15) is 19.0 Å². The molecule has 7 aliphatic rings. The first-order valence-corrected chi connectivity index (χ1v) is 27.6. The summed E-state index contributed by atoms with van der Waals surface area (Å²) in [4.78, 5) is 86.3. The number of anilines is 1. The number of Topliss-reactive ketones (excluding diaryl/α,β-unsaturated/α-hetero) is 1. The number of ketones is 2. The minimum Gasteiger partial charge on any atom is -0.458 e. The highest BCUT2D eigenvalue weighted by Gasteiger charge is 2.67. The Labute approximate surface area is 442 Å². The van der Waals surface area contributed by atoms with Crippen molar-refractivity contribution in [2.75, 3.05) is 31.7 Å². The molecule has 15 heteroatoms. The number of pyridine rings is 2. The van der Waals surface area contributed by atoms with Crippen molar-refractivity contribution in [2.24, 2.45) is 17.3 Å². The monoisotopic (exact) mass is 1040 g/mol. The number of benzene rings is 2. The smallest absolute Gasteiger partial charge is 0.343 e. The van der Waals surface area contributed by atoms with Gasteiger partial charge in [-0.2, -0.15) is 0 Å². The molecule has 5 aliphatic carbocycles. The number of aryl methyl sites for hydroxylation is 1. The fourth-order valence-electron chi connectivity index (χ4n) is 15.1. The van der Waals surface area contributed by atoms with E-state index in [0.29, 0.717) is 61.2 Å². The zero-order valence-corrected chi connectivity index (χ0v) is 44.6. The van der Waals surface area contributed by atoms with Crippen molar-refractivity contribution >= 4 is 46.0 Å². The molecule has 2 N–H and O–H groups in total. The number of carbonyl (C=O) groups is 5. The first kappa shape index (κ1) is 51.8. The average molecular weight is 1040 g/mol. The third-order valence-corrected chi connectivity index (χ3v) is 19.0. The standard InChI is InChI=1S/C61H69FN4O10/c1-7-60(73)47-27-51-56-44(30-66(51)57(71)45(47)31-75-58(60)72)55-49(21-20-40-33(2)48(62)28-50(64-56)54(40)55)63-52(70)32-74-25-11-9-8-10-24-65(6)38-15-12-36(13-16-38)43-29-59(5)46(22-23-61(59,34(3)67)76-35(4)68)42-18-14-37-26-39(69)17-19-41(37)53(42)43/h12-13,15-16,26-28,42-43,46,49,73H,7-11,14,17-25,29-32H2,1-6H3,(H,63,70)/t42-,43+,46-,49-,59-,60-,61-/m0/s1. The molecule has 1 amide bonds. The number of aromatic nitrogens is 2. The van der Waals surface area contributed by atoms with Crippen LogP contribution < -0.4 is 15.8 Å². The van der Waals surface area contributed by atoms with Crippen LogP contribution in [-0.2, 0) is 63.4 Å². The first-order valence-electron chi connectivity index (χ1n) is 27.6. The molecular formula is C61H69FN4O10. The first-order chi connectivity index (χ1) is 36.4. The van der Waals surface area contributed by atoms with Crippen molar-refractivity contribution in [3.8, 4) is 11.4 Å². The second-order valence-electron chi connectivity index (χ2n) is 23.0. The molecule has 4 aromatic rings. The van der Waals surface area contributed by atoms with Crippen LogP contribution in [0.25, 0.3) is 22.3 Å². The Bertz CT molecular complexity index is 3270. The van der Waals surface area contributed by atoms with Crippen molar-refractivity contribution in [1.82, 2.24) is 14.9 Å². The summed E-state index contributed by atoms with van der Waals surface area (Å²) in [5.41, 5.74) is 6.75. The Morgan fingerprint density at radius 3 is 2.50 bits per heavy atom. The van der Waals surface area contributed by atoms with Crippen LogP contribution in [0.15, 0.2) is 64.0 Å². The lowest BCUT2D eigenvalue weighted by Gasteiger charge is -2.55. The van der Waals surface area contributed by atoms with E-state index in [1.54, 1.807) is 31.4 Å². The normalized spacial score (nSPS) is 26.9. The quantitative estimate of drug-likeness (QED) is 0.0750. The number of fused-ring (bicyclic) bond motifs is 9. The largest absolute Gasteiger partial charge is 0.458 e. The number of rotatable bonds is 15. The van der Waals surface area contributed by atoms with Gasteiger partial charge in [-0.25, -0.2) is 14.2 Å². The molecule has 2 aliphatic heterocycles. The van der Waals surface area contributed by atoms with Gasteiger partial charge >= 0.3 is 11.9 Å². The molecule has 2 saturated carbocycles. The van der Waals surface area contributed by atoms with Gasteiger partial charge in [0, 0.05) is 73.1 Å². The number of halogens is 1. The highest BCUT2D eigenvalue weighted by Crippen LogP contribution is 2.68. The van der Waals surface area contributed by atoms with Crippen LogP contribution in [0, 0.1) is 30.0 Å². The Morgan fingerprint density at radius 2 is 1.75 bits per heavy atom. The van der Waals surface area contributed by atoms with Gasteiger partial charge in [0.2, 0.25) is 5.91 Å². The number of allylic oxidation sites excluding steroid dienone is 4. The van der Waals surface area contributed by atoms with Gasteiger partial charge in [-0.15, -0.1) is 0 Å². The number of cyclic esters (lactones) is 1.